The summed E-state index contributed by atoms with van der Waals surface area (Å²) in [6.45, 7) is 4.92. The van der Waals surface area contributed by atoms with E-state index in [1.54, 1.807) is 11.3 Å². The number of hydrogen-bond acceptors (Lipinski definition) is 4. The van der Waals surface area contributed by atoms with Crippen LogP contribution >= 0.6 is 22.9 Å². The zero-order chi connectivity index (χ0) is 12.0. The summed E-state index contributed by atoms with van der Waals surface area (Å²) in [5.74, 6) is -0.161. The Morgan fingerprint density at radius 1 is 1.62 bits per heavy atom. The van der Waals surface area contributed by atoms with Gasteiger partial charge < -0.3 is 10.1 Å². The lowest BCUT2D eigenvalue weighted by Gasteiger charge is -2.11. The van der Waals surface area contributed by atoms with E-state index in [-0.39, 0.29) is 12.0 Å². The normalized spacial score (nSPS) is 12.4. The minimum absolute atomic E-state index is 0.161. The molecule has 1 N–H and O–H groups in total. The van der Waals surface area contributed by atoms with Crippen molar-refractivity contribution in [2.24, 2.45) is 0 Å². The third kappa shape index (κ3) is 4.51. The van der Waals surface area contributed by atoms with Crippen LogP contribution in [0.3, 0.4) is 0 Å². The van der Waals surface area contributed by atoms with Gasteiger partial charge in [0.2, 0.25) is 0 Å². The van der Waals surface area contributed by atoms with Crippen molar-refractivity contribution in [3.05, 3.63) is 21.3 Å². The van der Waals surface area contributed by atoms with Gasteiger partial charge in [0.1, 0.15) is 0 Å². The van der Waals surface area contributed by atoms with Crippen molar-refractivity contribution in [1.29, 1.82) is 0 Å². The van der Waals surface area contributed by atoms with Crippen LogP contribution in [0.1, 0.15) is 31.2 Å². The van der Waals surface area contributed by atoms with E-state index in [9.17, 15) is 4.79 Å². The number of thiophene rings is 1. The lowest BCUT2D eigenvalue weighted by Crippen LogP contribution is -2.22. The topological polar surface area (TPSA) is 38.3 Å². The fourth-order valence-corrected chi connectivity index (χ4v) is 2.37. The lowest BCUT2D eigenvalue weighted by molar-refractivity contribution is -0.142. The van der Waals surface area contributed by atoms with Gasteiger partial charge in [-0.1, -0.05) is 11.6 Å². The number of nitrogens with one attached hydrogen (secondary N) is 1. The van der Waals surface area contributed by atoms with E-state index in [0.717, 1.165) is 4.34 Å². The molecule has 1 rings (SSSR count). The van der Waals surface area contributed by atoms with Crippen LogP contribution in [0.2, 0.25) is 4.34 Å². The molecular weight excluding hydrogens is 246 g/mol. The number of hydrogen-bond donors (Lipinski definition) is 1. The minimum atomic E-state index is -0.161. The van der Waals surface area contributed by atoms with E-state index < -0.39 is 0 Å². The van der Waals surface area contributed by atoms with Crippen LogP contribution < -0.4 is 5.32 Å². The Bertz CT molecular complexity index is 340. The molecule has 0 radical (unpaired) electrons. The molecule has 0 aliphatic carbocycles. The van der Waals surface area contributed by atoms with E-state index in [4.69, 9.17) is 16.3 Å². The zero-order valence-electron chi connectivity index (χ0n) is 9.46. The van der Waals surface area contributed by atoms with Gasteiger partial charge in [-0.2, -0.15) is 0 Å². The van der Waals surface area contributed by atoms with Crippen molar-refractivity contribution in [2.75, 3.05) is 13.2 Å². The summed E-state index contributed by atoms with van der Waals surface area (Å²) in [6.07, 6.45) is 0.400. The van der Waals surface area contributed by atoms with Gasteiger partial charge in [0.25, 0.3) is 0 Å². The van der Waals surface area contributed by atoms with E-state index >= 15 is 0 Å². The molecule has 90 valence electrons. The fourth-order valence-electron chi connectivity index (χ4n) is 1.29. The summed E-state index contributed by atoms with van der Waals surface area (Å²) >= 11 is 7.40. The van der Waals surface area contributed by atoms with E-state index in [1.807, 2.05) is 26.0 Å². The molecule has 1 atom stereocenters. The zero-order valence-corrected chi connectivity index (χ0v) is 11.0. The first-order valence-corrected chi connectivity index (χ1v) is 6.47. The molecule has 0 amide bonds. The summed E-state index contributed by atoms with van der Waals surface area (Å²) in [6, 6.07) is 4.09. The van der Waals surface area contributed by atoms with Gasteiger partial charge in [0, 0.05) is 17.5 Å². The minimum Gasteiger partial charge on any atom is -0.466 e. The Hall–Kier alpha value is -0.580. The van der Waals surface area contributed by atoms with Crippen LogP contribution in [-0.2, 0) is 9.53 Å². The van der Waals surface area contributed by atoms with Crippen molar-refractivity contribution >= 4 is 28.9 Å². The molecule has 1 aromatic rings. The van der Waals surface area contributed by atoms with Crippen LogP contribution in [0.15, 0.2) is 12.1 Å². The van der Waals surface area contributed by atoms with Crippen molar-refractivity contribution in [3.8, 4) is 0 Å². The predicted molar refractivity (Wildman–Crippen MR) is 67.0 cm³/mol. The van der Waals surface area contributed by atoms with Crippen molar-refractivity contribution in [1.82, 2.24) is 5.32 Å². The number of halogens is 1. The van der Waals surface area contributed by atoms with Crippen LogP contribution in [0, 0.1) is 0 Å². The molecule has 1 unspecified atom stereocenters. The molecule has 0 aliphatic rings. The summed E-state index contributed by atoms with van der Waals surface area (Å²) in [7, 11) is 0. The average Bonchev–Trinajstić information content (AvgIpc) is 2.65. The maximum atomic E-state index is 11.1. The Balaban J connectivity index is 2.25. The average molecular weight is 262 g/mol. The molecule has 1 heterocycles. The second kappa shape index (κ2) is 6.89. The Morgan fingerprint density at radius 2 is 2.38 bits per heavy atom. The molecule has 3 nitrogen and oxygen atoms in total. The first-order chi connectivity index (χ1) is 7.63. The van der Waals surface area contributed by atoms with Crippen LogP contribution in [0.5, 0.6) is 0 Å². The third-order valence-electron chi connectivity index (χ3n) is 2.11. The third-order valence-corrected chi connectivity index (χ3v) is 3.52. The molecular formula is C11H16ClNO2S. The van der Waals surface area contributed by atoms with Gasteiger partial charge in [-0.15, -0.1) is 11.3 Å². The van der Waals surface area contributed by atoms with Gasteiger partial charge >= 0.3 is 5.97 Å². The highest BCUT2D eigenvalue weighted by molar-refractivity contribution is 7.16. The van der Waals surface area contributed by atoms with E-state index in [1.165, 1.54) is 4.88 Å². The molecule has 0 bridgehead atoms. The van der Waals surface area contributed by atoms with Gasteiger partial charge in [-0.25, -0.2) is 0 Å². The maximum Gasteiger partial charge on any atom is 0.307 e. The van der Waals surface area contributed by atoms with E-state index in [2.05, 4.69) is 5.32 Å². The molecule has 0 saturated heterocycles. The largest absolute Gasteiger partial charge is 0.466 e. The van der Waals surface area contributed by atoms with Crippen molar-refractivity contribution in [2.45, 2.75) is 26.3 Å². The second-order valence-corrected chi connectivity index (χ2v) is 5.12. The molecule has 0 aromatic carbocycles. The summed E-state index contributed by atoms with van der Waals surface area (Å²) in [4.78, 5) is 12.3. The molecule has 5 heteroatoms. The predicted octanol–water partition coefficient (Wildman–Crippen LogP) is 3.01. The Kier molecular flexibility index (Phi) is 5.80. The van der Waals surface area contributed by atoms with E-state index in [0.29, 0.717) is 19.6 Å². The Morgan fingerprint density at radius 3 is 2.94 bits per heavy atom. The van der Waals surface area contributed by atoms with Gasteiger partial charge in [0.15, 0.2) is 0 Å². The summed E-state index contributed by atoms with van der Waals surface area (Å²) < 4.78 is 5.62. The lowest BCUT2D eigenvalue weighted by atomic mass is 10.2. The van der Waals surface area contributed by atoms with Gasteiger partial charge in [0.05, 0.1) is 17.4 Å². The highest BCUT2D eigenvalue weighted by atomic mass is 35.5. The van der Waals surface area contributed by atoms with Crippen molar-refractivity contribution < 1.29 is 9.53 Å². The highest BCUT2D eigenvalue weighted by Crippen LogP contribution is 2.26. The summed E-state index contributed by atoms with van der Waals surface area (Å²) in [5, 5.41) is 3.25. The molecule has 1 aromatic heterocycles. The monoisotopic (exact) mass is 261 g/mol. The van der Waals surface area contributed by atoms with Crippen LogP contribution in [0.25, 0.3) is 0 Å². The van der Waals surface area contributed by atoms with Crippen LogP contribution in [0.4, 0.5) is 0 Å². The van der Waals surface area contributed by atoms with Crippen LogP contribution in [-0.4, -0.2) is 19.1 Å². The SMILES string of the molecule is CCOC(=O)CCNC(C)c1ccc(Cl)s1. The number of carbonyl (C=O) groups excluding carboxylic acids is 1. The molecule has 16 heavy (non-hydrogen) atoms. The molecule has 0 spiro atoms. The first-order valence-electron chi connectivity index (χ1n) is 5.27. The second-order valence-electron chi connectivity index (χ2n) is 3.37. The Labute approximate surface area is 105 Å². The number of esters is 1. The van der Waals surface area contributed by atoms with Gasteiger partial charge in [-0.3, -0.25) is 4.79 Å². The smallest absolute Gasteiger partial charge is 0.307 e. The van der Waals surface area contributed by atoms with Crippen molar-refractivity contribution in [3.63, 3.8) is 0 Å². The van der Waals surface area contributed by atoms with Gasteiger partial charge in [-0.05, 0) is 26.0 Å². The first kappa shape index (κ1) is 13.5. The number of rotatable bonds is 6. The highest BCUT2D eigenvalue weighted by Gasteiger charge is 2.08. The molecule has 0 saturated carbocycles. The standard InChI is InChI=1S/C11H16ClNO2S/c1-3-15-11(14)6-7-13-8(2)9-4-5-10(12)16-9/h4-5,8,13H,3,6-7H2,1-2H3. The number of carbonyl (C=O) groups is 1. The quantitative estimate of drug-likeness (QED) is 0.800. The maximum absolute atomic E-state index is 11.1. The number of ether oxygens (including phenoxy) is 1. The molecule has 0 aliphatic heterocycles. The fraction of sp³-hybridized carbons (Fsp3) is 0.545. The molecule has 0 fully saturated rings. The summed E-state index contributed by atoms with van der Waals surface area (Å²) in [5.41, 5.74) is 0.